The summed E-state index contributed by atoms with van der Waals surface area (Å²) in [6.07, 6.45) is 2.57. The molecule has 2 aliphatic rings. The van der Waals surface area contributed by atoms with E-state index in [-0.39, 0.29) is 35.6 Å². The molecule has 2 aliphatic heterocycles. The molecule has 9 heteroatoms. The Bertz CT molecular complexity index is 1550. The molecular formula is C27H24F2N4O3. The molecule has 5 heterocycles. The van der Waals surface area contributed by atoms with Crippen molar-refractivity contribution in [2.45, 2.75) is 51.4 Å². The number of ether oxygens (including phenoxy) is 2. The summed E-state index contributed by atoms with van der Waals surface area (Å²) in [6.45, 7) is 4.48. The molecule has 3 atom stereocenters. The molecule has 0 aliphatic carbocycles. The first kappa shape index (κ1) is 22.9. The Morgan fingerprint density at radius 2 is 1.94 bits per heavy atom. The molecule has 0 radical (unpaired) electrons. The van der Waals surface area contributed by atoms with Gasteiger partial charge >= 0.3 is 0 Å². The van der Waals surface area contributed by atoms with Gasteiger partial charge in [-0.2, -0.15) is 0 Å². The van der Waals surface area contributed by atoms with Crippen molar-refractivity contribution in [3.05, 3.63) is 92.8 Å². The van der Waals surface area contributed by atoms with Gasteiger partial charge in [-0.15, -0.1) is 0 Å². The molecule has 0 N–H and O–H groups in total. The van der Waals surface area contributed by atoms with E-state index in [1.807, 2.05) is 19.1 Å². The summed E-state index contributed by atoms with van der Waals surface area (Å²) in [5, 5.41) is 0. The number of nitrogens with zero attached hydrogens (tertiary/aromatic N) is 4. The summed E-state index contributed by atoms with van der Waals surface area (Å²) in [4.78, 5) is 27.3. The monoisotopic (exact) mass is 490 g/mol. The number of hydrogen-bond acceptors (Lipinski definition) is 6. The van der Waals surface area contributed by atoms with Gasteiger partial charge in [0.25, 0.3) is 5.56 Å². The molecule has 3 aromatic heterocycles. The Morgan fingerprint density at radius 1 is 1.08 bits per heavy atom. The smallest absolute Gasteiger partial charge is 0.265 e. The highest BCUT2D eigenvalue weighted by Gasteiger charge is 2.30. The molecule has 1 unspecified atom stereocenters. The molecule has 0 spiro atoms. The molecule has 6 rings (SSSR count). The Hall–Kier alpha value is -3.56. The third-order valence-corrected chi connectivity index (χ3v) is 6.99. The SMILES string of the molecule is Cc1cc([C@H]2C[C@@H](c3cc4nc5c(c(=O)n4c(-c4ccc(F)cc4F)n3)C(C)OC5)CCO2)ccn1. The summed E-state index contributed by atoms with van der Waals surface area (Å²) in [6, 6.07) is 9.00. The van der Waals surface area contributed by atoms with Crippen molar-refractivity contribution in [2.24, 2.45) is 0 Å². The van der Waals surface area contributed by atoms with Gasteiger partial charge in [-0.1, -0.05) is 0 Å². The number of pyridine rings is 1. The lowest BCUT2D eigenvalue weighted by Crippen LogP contribution is -2.25. The second-order valence-electron chi connectivity index (χ2n) is 9.36. The van der Waals surface area contributed by atoms with E-state index in [4.69, 9.17) is 19.4 Å². The fraction of sp³-hybridized carbons (Fsp3) is 0.333. The van der Waals surface area contributed by atoms with Crippen molar-refractivity contribution < 1.29 is 18.3 Å². The summed E-state index contributed by atoms with van der Waals surface area (Å²) in [7, 11) is 0. The molecular weight excluding hydrogens is 466 g/mol. The fourth-order valence-electron chi connectivity index (χ4n) is 5.17. The van der Waals surface area contributed by atoms with Gasteiger partial charge in [0.05, 0.1) is 35.6 Å². The van der Waals surface area contributed by atoms with Crippen molar-refractivity contribution in [3.8, 4) is 11.4 Å². The molecule has 184 valence electrons. The van der Waals surface area contributed by atoms with Gasteiger partial charge in [0.2, 0.25) is 0 Å². The van der Waals surface area contributed by atoms with Gasteiger partial charge in [0.1, 0.15) is 17.3 Å². The number of aromatic nitrogens is 4. The highest BCUT2D eigenvalue weighted by Crippen LogP contribution is 2.38. The minimum absolute atomic E-state index is 0.00943. The number of halogens is 2. The lowest BCUT2D eigenvalue weighted by atomic mass is 9.89. The van der Waals surface area contributed by atoms with Crippen molar-refractivity contribution >= 4 is 5.65 Å². The van der Waals surface area contributed by atoms with E-state index in [0.29, 0.717) is 42.0 Å². The minimum Gasteiger partial charge on any atom is -0.373 e. The average Bonchev–Trinajstić information content (AvgIpc) is 3.24. The van der Waals surface area contributed by atoms with Crippen LogP contribution in [0.25, 0.3) is 17.0 Å². The average molecular weight is 491 g/mol. The van der Waals surface area contributed by atoms with Crippen LogP contribution in [0.2, 0.25) is 0 Å². The molecule has 0 bridgehead atoms. The lowest BCUT2D eigenvalue weighted by molar-refractivity contribution is 0.00457. The van der Waals surface area contributed by atoms with Crippen LogP contribution in [-0.4, -0.2) is 26.0 Å². The van der Waals surface area contributed by atoms with Crippen molar-refractivity contribution in [1.29, 1.82) is 0 Å². The summed E-state index contributed by atoms with van der Waals surface area (Å²) in [5.74, 6) is -1.41. The standard InChI is InChI=1S/C27H24F2N4O3/c1-14-9-17(5-7-30-14)23-10-16(6-8-35-23)21-12-24-31-22-13-36-15(2)25(22)27(34)33(24)26(32-21)19-4-3-18(28)11-20(19)29/h3-5,7,9,11-12,15-16,23H,6,8,10,13H2,1-2H3/t15?,16-,23+/m0/s1. The van der Waals surface area contributed by atoms with E-state index in [1.54, 1.807) is 19.2 Å². The van der Waals surface area contributed by atoms with Crippen LogP contribution in [0.4, 0.5) is 8.78 Å². The maximum absolute atomic E-state index is 15.0. The lowest BCUT2D eigenvalue weighted by Gasteiger charge is -2.30. The second kappa shape index (κ2) is 8.83. The van der Waals surface area contributed by atoms with Crippen LogP contribution in [0.15, 0.2) is 47.4 Å². The van der Waals surface area contributed by atoms with E-state index < -0.39 is 17.7 Å². The van der Waals surface area contributed by atoms with Crippen LogP contribution in [-0.2, 0) is 16.1 Å². The van der Waals surface area contributed by atoms with Crippen LogP contribution in [0.3, 0.4) is 0 Å². The third-order valence-electron chi connectivity index (χ3n) is 6.99. The van der Waals surface area contributed by atoms with Crippen LogP contribution in [0.5, 0.6) is 0 Å². The van der Waals surface area contributed by atoms with E-state index in [9.17, 15) is 13.6 Å². The topological polar surface area (TPSA) is 78.6 Å². The number of fused-ring (bicyclic) bond motifs is 2. The number of rotatable bonds is 3. The molecule has 0 saturated carbocycles. The molecule has 0 amide bonds. The van der Waals surface area contributed by atoms with E-state index in [0.717, 1.165) is 23.4 Å². The zero-order valence-electron chi connectivity index (χ0n) is 19.9. The summed E-state index contributed by atoms with van der Waals surface area (Å²) in [5.41, 5.74) is 3.69. The number of benzene rings is 1. The highest BCUT2D eigenvalue weighted by molar-refractivity contribution is 5.61. The first-order valence-electron chi connectivity index (χ1n) is 12.0. The second-order valence-corrected chi connectivity index (χ2v) is 9.36. The molecule has 7 nitrogen and oxygen atoms in total. The molecule has 36 heavy (non-hydrogen) atoms. The van der Waals surface area contributed by atoms with E-state index >= 15 is 0 Å². The van der Waals surface area contributed by atoms with Crippen LogP contribution >= 0.6 is 0 Å². The maximum Gasteiger partial charge on any atom is 0.265 e. The first-order valence-corrected chi connectivity index (χ1v) is 12.0. The number of aryl methyl sites for hydroxylation is 1. The third kappa shape index (κ3) is 3.88. The van der Waals surface area contributed by atoms with Crippen molar-refractivity contribution in [1.82, 2.24) is 19.4 Å². The van der Waals surface area contributed by atoms with Crippen molar-refractivity contribution in [3.63, 3.8) is 0 Å². The van der Waals surface area contributed by atoms with Crippen molar-refractivity contribution in [2.75, 3.05) is 6.61 Å². The van der Waals surface area contributed by atoms with Gasteiger partial charge in [-0.25, -0.2) is 23.1 Å². The Labute approximate surface area is 205 Å². The summed E-state index contributed by atoms with van der Waals surface area (Å²) < 4.78 is 41.7. The van der Waals surface area contributed by atoms with Gasteiger partial charge in [-0.05, 0) is 56.5 Å². The molecule has 1 saturated heterocycles. The predicted molar refractivity (Wildman–Crippen MR) is 127 cm³/mol. The van der Waals surface area contributed by atoms with Gasteiger partial charge in [0, 0.05) is 42.2 Å². The van der Waals surface area contributed by atoms with Crippen LogP contribution in [0, 0.1) is 18.6 Å². The van der Waals surface area contributed by atoms with E-state index in [1.165, 1.54) is 10.5 Å². The highest BCUT2D eigenvalue weighted by atomic mass is 19.1. The van der Waals surface area contributed by atoms with E-state index in [2.05, 4.69) is 4.98 Å². The zero-order valence-corrected chi connectivity index (χ0v) is 19.9. The zero-order chi connectivity index (χ0) is 25.0. The van der Waals surface area contributed by atoms with Crippen LogP contribution < -0.4 is 5.56 Å². The first-order chi connectivity index (χ1) is 17.4. The predicted octanol–water partition coefficient (Wildman–Crippen LogP) is 4.96. The molecule has 1 aromatic carbocycles. The fourth-order valence-corrected chi connectivity index (χ4v) is 5.17. The Kier molecular flexibility index (Phi) is 5.61. The largest absolute Gasteiger partial charge is 0.373 e. The minimum atomic E-state index is -0.797. The Morgan fingerprint density at radius 3 is 2.75 bits per heavy atom. The molecule has 1 fully saturated rings. The number of hydrogen-bond donors (Lipinski definition) is 0. The van der Waals surface area contributed by atoms with Gasteiger partial charge in [0.15, 0.2) is 5.82 Å². The quantitative estimate of drug-likeness (QED) is 0.404. The normalized spacial score (nSPS) is 21.6. The van der Waals surface area contributed by atoms with Gasteiger partial charge in [-0.3, -0.25) is 9.78 Å². The molecule has 4 aromatic rings. The van der Waals surface area contributed by atoms with Gasteiger partial charge < -0.3 is 9.47 Å². The van der Waals surface area contributed by atoms with Crippen LogP contribution in [0.1, 0.15) is 66.1 Å². The summed E-state index contributed by atoms with van der Waals surface area (Å²) >= 11 is 0. The Balaban J connectivity index is 1.52. The maximum atomic E-state index is 15.0.